The van der Waals surface area contributed by atoms with Crippen LogP contribution < -0.4 is 15.4 Å². The van der Waals surface area contributed by atoms with Crippen molar-refractivity contribution in [3.63, 3.8) is 0 Å². The van der Waals surface area contributed by atoms with Crippen molar-refractivity contribution >= 4 is 38.9 Å². The molecule has 1 aromatic carbocycles. The molecule has 7 heteroatoms. The molecule has 2 N–H and O–H groups in total. The van der Waals surface area contributed by atoms with Gasteiger partial charge in [-0.15, -0.1) is 0 Å². The maximum Gasteiger partial charge on any atom is 0.180 e. The Morgan fingerprint density at radius 3 is 2.86 bits per heavy atom. The van der Waals surface area contributed by atoms with Gasteiger partial charge in [-0.3, -0.25) is 0 Å². The molecule has 0 atom stereocenters. The lowest BCUT2D eigenvalue weighted by Gasteiger charge is -2.07. The van der Waals surface area contributed by atoms with Crippen molar-refractivity contribution in [2.75, 3.05) is 11.9 Å². The summed E-state index contributed by atoms with van der Waals surface area (Å²) in [7, 11) is 0. The molecule has 2 aromatic rings. The molecular weight excluding hydrogens is 352 g/mol. The number of nitrogens with one attached hydrogen (secondary N) is 2. The molecular formula is C14H17BrN4OS. The first kappa shape index (κ1) is 15.8. The van der Waals surface area contributed by atoms with E-state index in [4.69, 9.17) is 17.0 Å². The van der Waals surface area contributed by atoms with E-state index in [2.05, 4.69) is 38.6 Å². The Labute approximate surface area is 137 Å². The first-order valence-corrected chi connectivity index (χ1v) is 7.83. The smallest absolute Gasteiger partial charge is 0.180 e. The standard InChI is InChI=1S/C14H17BrN4OS/c1-2-7-16-14(21)18-12-8-17-19(9-12)10-20-13-5-3-11(15)4-6-13/h3-6,8-9H,2,7,10H2,1H3,(H2,16,18,21). The van der Waals surface area contributed by atoms with Crippen molar-refractivity contribution in [2.24, 2.45) is 0 Å². The SMILES string of the molecule is CCCNC(=S)Nc1cnn(COc2ccc(Br)cc2)c1. The van der Waals surface area contributed by atoms with Gasteiger partial charge in [0.2, 0.25) is 0 Å². The molecule has 0 spiro atoms. The quantitative estimate of drug-likeness (QED) is 0.765. The Balaban J connectivity index is 1.82. The molecule has 2 rings (SSSR count). The van der Waals surface area contributed by atoms with Crippen LogP contribution >= 0.6 is 28.1 Å². The molecule has 0 radical (unpaired) electrons. The number of thiocarbonyl (C=S) groups is 1. The summed E-state index contributed by atoms with van der Waals surface area (Å²) in [5.41, 5.74) is 0.836. The summed E-state index contributed by atoms with van der Waals surface area (Å²) >= 11 is 8.56. The van der Waals surface area contributed by atoms with E-state index < -0.39 is 0 Å². The molecule has 0 amide bonds. The van der Waals surface area contributed by atoms with Crippen molar-refractivity contribution in [3.8, 4) is 5.75 Å². The molecule has 21 heavy (non-hydrogen) atoms. The summed E-state index contributed by atoms with van der Waals surface area (Å²) < 4.78 is 8.36. The van der Waals surface area contributed by atoms with Gasteiger partial charge in [-0.1, -0.05) is 22.9 Å². The first-order valence-electron chi connectivity index (χ1n) is 6.63. The molecule has 5 nitrogen and oxygen atoms in total. The molecule has 0 fully saturated rings. The van der Waals surface area contributed by atoms with Crippen molar-refractivity contribution in [1.82, 2.24) is 15.1 Å². The summed E-state index contributed by atoms with van der Waals surface area (Å²) in [6.45, 7) is 3.29. The van der Waals surface area contributed by atoms with Gasteiger partial charge in [0.15, 0.2) is 11.8 Å². The van der Waals surface area contributed by atoms with Gasteiger partial charge in [-0.2, -0.15) is 5.10 Å². The Kier molecular flexibility index (Phi) is 6.01. The Hall–Kier alpha value is -1.60. The Morgan fingerprint density at radius 2 is 2.14 bits per heavy atom. The van der Waals surface area contributed by atoms with E-state index in [0.717, 1.165) is 28.9 Å². The lowest BCUT2D eigenvalue weighted by molar-refractivity contribution is 0.221. The molecule has 0 aliphatic rings. The molecule has 0 bridgehead atoms. The van der Waals surface area contributed by atoms with Gasteiger partial charge in [0.1, 0.15) is 5.75 Å². The number of aromatic nitrogens is 2. The van der Waals surface area contributed by atoms with Crippen LogP contribution in [0.4, 0.5) is 5.69 Å². The van der Waals surface area contributed by atoms with E-state index >= 15 is 0 Å². The van der Waals surface area contributed by atoms with Gasteiger partial charge >= 0.3 is 0 Å². The molecule has 1 aromatic heterocycles. The predicted molar refractivity (Wildman–Crippen MR) is 91.5 cm³/mol. The lowest BCUT2D eigenvalue weighted by Crippen LogP contribution is -2.28. The highest BCUT2D eigenvalue weighted by molar-refractivity contribution is 9.10. The summed E-state index contributed by atoms with van der Waals surface area (Å²) in [4.78, 5) is 0. The van der Waals surface area contributed by atoms with Crippen molar-refractivity contribution in [1.29, 1.82) is 0 Å². The second-order valence-corrected chi connectivity index (χ2v) is 5.70. The van der Waals surface area contributed by atoms with E-state index in [1.165, 1.54) is 0 Å². The Morgan fingerprint density at radius 1 is 1.38 bits per heavy atom. The Bertz CT molecular complexity index is 585. The van der Waals surface area contributed by atoms with E-state index in [1.54, 1.807) is 10.9 Å². The zero-order valence-corrected chi connectivity index (χ0v) is 14.1. The largest absolute Gasteiger partial charge is 0.471 e. The number of ether oxygens (including phenoxy) is 1. The first-order chi connectivity index (χ1) is 10.2. The molecule has 0 unspecified atom stereocenters. The summed E-state index contributed by atoms with van der Waals surface area (Å²) in [5.74, 6) is 0.795. The fraction of sp³-hybridized carbons (Fsp3) is 0.286. The van der Waals surface area contributed by atoms with Gasteiger partial charge in [0, 0.05) is 11.0 Å². The minimum atomic E-state index is 0.346. The molecule has 112 valence electrons. The van der Waals surface area contributed by atoms with Crippen LogP contribution in [0.5, 0.6) is 5.75 Å². The number of hydrogen-bond donors (Lipinski definition) is 2. The van der Waals surface area contributed by atoms with Crippen LogP contribution in [0.2, 0.25) is 0 Å². The summed E-state index contributed by atoms with van der Waals surface area (Å²) in [6, 6.07) is 7.67. The normalized spacial score (nSPS) is 10.2. The van der Waals surface area contributed by atoms with Crippen LogP contribution in [0.25, 0.3) is 0 Å². The summed E-state index contributed by atoms with van der Waals surface area (Å²) in [6.07, 6.45) is 4.59. The second-order valence-electron chi connectivity index (χ2n) is 4.38. The maximum atomic E-state index is 5.63. The van der Waals surface area contributed by atoms with Crippen LogP contribution in [0.1, 0.15) is 13.3 Å². The molecule has 0 saturated carbocycles. The number of halogens is 1. The topological polar surface area (TPSA) is 51.1 Å². The molecule has 0 aliphatic carbocycles. The van der Waals surface area contributed by atoms with Crippen LogP contribution in [0.3, 0.4) is 0 Å². The van der Waals surface area contributed by atoms with Gasteiger partial charge in [0.25, 0.3) is 0 Å². The van der Waals surface area contributed by atoms with E-state index in [-0.39, 0.29) is 0 Å². The fourth-order valence-electron chi connectivity index (χ4n) is 1.58. The highest BCUT2D eigenvalue weighted by atomic mass is 79.9. The number of anilines is 1. The third kappa shape index (κ3) is 5.35. The average Bonchev–Trinajstić information content (AvgIpc) is 2.92. The summed E-state index contributed by atoms with van der Waals surface area (Å²) in [5, 5.41) is 11.0. The minimum absolute atomic E-state index is 0.346. The van der Waals surface area contributed by atoms with Gasteiger partial charge in [-0.25, -0.2) is 4.68 Å². The maximum absolute atomic E-state index is 5.63. The van der Waals surface area contributed by atoms with Crippen molar-refractivity contribution in [3.05, 3.63) is 41.1 Å². The van der Waals surface area contributed by atoms with E-state index in [1.807, 2.05) is 30.5 Å². The van der Waals surface area contributed by atoms with Crippen molar-refractivity contribution in [2.45, 2.75) is 20.1 Å². The minimum Gasteiger partial charge on any atom is -0.471 e. The molecule has 1 heterocycles. The number of rotatable bonds is 6. The van der Waals surface area contributed by atoms with E-state index in [0.29, 0.717) is 11.8 Å². The fourth-order valence-corrected chi connectivity index (χ4v) is 2.07. The van der Waals surface area contributed by atoms with Crippen molar-refractivity contribution < 1.29 is 4.74 Å². The predicted octanol–water partition coefficient (Wildman–Crippen LogP) is 3.38. The van der Waals surface area contributed by atoms with Gasteiger partial charge in [-0.05, 0) is 42.9 Å². The zero-order valence-electron chi connectivity index (χ0n) is 11.7. The second kappa shape index (κ2) is 7.99. The van der Waals surface area contributed by atoms with Crippen LogP contribution in [0, 0.1) is 0 Å². The van der Waals surface area contributed by atoms with Crippen LogP contribution in [0.15, 0.2) is 41.1 Å². The monoisotopic (exact) mass is 368 g/mol. The van der Waals surface area contributed by atoms with Crippen LogP contribution in [-0.2, 0) is 6.73 Å². The third-order valence-electron chi connectivity index (χ3n) is 2.60. The van der Waals surface area contributed by atoms with E-state index in [9.17, 15) is 0 Å². The number of nitrogens with zero attached hydrogens (tertiary/aromatic N) is 2. The molecule has 0 saturated heterocycles. The number of benzene rings is 1. The average molecular weight is 369 g/mol. The molecule has 0 aliphatic heterocycles. The third-order valence-corrected chi connectivity index (χ3v) is 3.38. The van der Waals surface area contributed by atoms with Crippen LogP contribution in [-0.4, -0.2) is 21.4 Å². The van der Waals surface area contributed by atoms with Gasteiger partial charge < -0.3 is 15.4 Å². The lowest BCUT2D eigenvalue weighted by atomic mass is 10.3. The number of hydrogen-bond acceptors (Lipinski definition) is 3. The highest BCUT2D eigenvalue weighted by Gasteiger charge is 2.01. The zero-order chi connectivity index (χ0) is 15.1. The highest BCUT2D eigenvalue weighted by Crippen LogP contribution is 2.16. The van der Waals surface area contributed by atoms with Gasteiger partial charge in [0.05, 0.1) is 18.1 Å².